The Balaban J connectivity index is 2.30. The van der Waals surface area contributed by atoms with E-state index in [1.807, 2.05) is 13.8 Å². The van der Waals surface area contributed by atoms with E-state index in [4.69, 9.17) is 11.6 Å². The lowest BCUT2D eigenvalue weighted by Gasteiger charge is -2.30. The number of hydrogen-bond donors (Lipinski definition) is 2. The molecule has 1 unspecified atom stereocenters. The largest absolute Gasteiger partial charge is 0.391 e. The zero-order valence-corrected chi connectivity index (χ0v) is 12.2. The first kappa shape index (κ1) is 14.3. The average Bonchev–Trinajstić information content (AvgIpc) is 3.12. The lowest BCUT2D eigenvalue weighted by atomic mass is 9.98. The van der Waals surface area contributed by atoms with Crippen molar-refractivity contribution < 1.29 is 5.11 Å². The number of nitrogens with zero attached hydrogens (tertiary/aromatic N) is 2. The Kier molecular flexibility index (Phi) is 3.87. The van der Waals surface area contributed by atoms with Crippen LogP contribution in [0.4, 0.5) is 5.69 Å². The molecule has 0 spiro atoms. The summed E-state index contributed by atoms with van der Waals surface area (Å²) in [5.74, 6) is 0.559. The molecule has 106 valence electrons. The van der Waals surface area contributed by atoms with E-state index in [0.717, 1.165) is 12.8 Å². The smallest absolute Gasteiger partial charge is 0.291 e. The van der Waals surface area contributed by atoms with Gasteiger partial charge in [0.1, 0.15) is 5.69 Å². The fourth-order valence-electron chi connectivity index (χ4n) is 1.68. The van der Waals surface area contributed by atoms with E-state index >= 15 is 0 Å². The summed E-state index contributed by atoms with van der Waals surface area (Å²) < 4.78 is 1.45. The number of aromatic nitrogens is 2. The fraction of sp³-hybridized carbons (Fsp3) is 0.692. The SMILES string of the molecule is CC(O)C(C)(C)Nc1c(Cl)cnn(CC2CC2)c1=O. The Bertz CT molecular complexity index is 521. The Morgan fingerprint density at radius 1 is 1.63 bits per heavy atom. The highest BCUT2D eigenvalue weighted by atomic mass is 35.5. The molecule has 1 aromatic rings. The van der Waals surface area contributed by atoms with Gasteiger partial charge in [-0.15, -0.1) is 0 Å². The summed E-state index contributed by atoms with van der Waals surface area (Å²) in [5, 5.41) is 17.1. The number of aliphatic hydroxyl groups excluding tert-OH is 1. The summed E-state index contributed by atoms with van der Waals surface area (Å²) in [6.07, 6.45) is 3.16. The Labute approximate surface area is 117 Å². The Morgan fingerprint density at radius 3 is 2.79 bits per heavy atom. The van der Waals surface area contributed by atoms with Gasteiger partial charge in [0.15, 0.2) is 0 Å². The van der Waals surface area contributed by atoms with E-state index in [1.54, 1.807) is 6.92 Å². The second-order valence-electron chi connectivity index (χ2n) is 5.82. The van der Waals surface area contributed by atoms with Crippen LogP contribution in [-0.2, 0) is 6.54 Å². The Morgan fingerprint density at radius 2 is 2.26 bits per heavy atom. The highest BCUT2D eigenvalue weighted by molar-refractivity contribution is 6.33. The van der Waals surface area contributed by atoms with Crippen LogP contribution in [0.25, 0.3) is 0 Å². The van der Waals surface area contributed by atoms with E-state index in [1.165, 1.54) is 10.9 Å². The van der Waals surface area contributed by atoms with Crippen molar-refractivity contribution in [1.82, 2.24) is 9.78 Å². The lowest BCUT2D eigenvalue weighted by Crippen LogP contribution is -2.44. The normalized spacial score (nSPS) is 17.3. The van der Waals surface area contributed by atoms with E-state index in [2.05, 4.69) is 10.4 Å². The summed E-state index contributed by atoms with van der Waals surface area (Å²) in [6.45, 7) is 5.95. The van der Waals surface area contributed by atoms with Gasteiger partial charge in [0, 0.05) is 6.54 Å². The molecular formula is C13H20ClN3O2. The van der Waals surface area contributed by atoms with E-state index in [-0.39, 0.29) is 10.6 Å². The summed E-state index contributed by atoms with van der Waals surface area (Å²) in [4.78, 5) is 12.3. The van der Waals surface area contributed by atoms with Crippen LogP contribution in [0.15, 0.2) is 11.0 Å². The third-order valence-electron chi connectivity index (χ3n) is 3.62. The van der Waals surface area contributed by atoms with Crippen LogP contribution in [0.1, 0.15) is 33.6 Å². The minimum atomic E-state index is -0.637. The molecule has 1 saturated carbocycles. The van der Waals surface area contributed by atoms with Crippen LogP contribution in [0.5, 0.6) is 0 Å². The molecule has 2 N–H and O–H groups in total. The van der Waals surface area contributed by atoms with Gasteiger partial charge in [-0.3, -0.25) is 4.79 Å². The molecular weight excluding hydrogens is 266 g/mol. The molecule has 1 heterocycles. The highest BCUT2D eigenvalue weighted by Crippen LogP contribution is 2.30. The summed E-state index contributed by atoms with van der Waals surface area (Å²) >= 11 is 6.04. The molecule has 5 nitrogen and oxygen atoms in total. The van der Waals surface area contributed by atoms with Gasteiger partial charge in [0.05, 0.1) is 22.9 Å². The first-order valence-electron chi connectivity index (χ1n) is 6.53. The maximum Gasteiger partial charge on any atom is 0.291 e. The molecule has 0 aromatic carbocycles. The monoisotopic (exact) mass is 285 g/mol. The topological polar surface area (TPSA) is 67.2 Å². The number of halogens is 1. The lowest BCUT2D eigenvalue weighted by molar-refractivity contribution is 0.133. The second-order valence-corrected chi connectivity index (χ2v) is 6.23. The standard InChI is InChI=1S/C13H20ClN3O2/c1-8(18)13(2,3)16-11-10(14)6-15-17(12(11)19)7-9-4-5-9/h6,8-9,16,18H,4-5,7H2,1-3H3. The van der Waals surface area contributed by atoms with Crippen LogP contribution >= 0.6 is 11.6 Å². The van der Waals surface area contributed by atoms with E-state index < -0.39 is 11.6 Å². The summed E-state index contributed by atoms with van der Waals surface area (Å²) in [7, 11) is 0. The fourth-order valence-corrected chi connectivity index (χ4v) is 1.86. The molecule has 0 saturated heterocycles. The molecule has 1 aliphatic carbocycles. The van der Waals surface area contributed by atoms with Gasteiger partial charge in [-0.2, -0.15) is 5.10 Å². The van der Waals surface area contributed by atoms with Crippen molar-refractivity contribution >= 4 is 17.3 Å². The van der Waals surface area contributed by atoms with Crippen LogP contribution in [0.2, 0.25) is 5.02 Å². The predicted molar refractivity (Wildman–Crippen MR) is 75.6 cm³/mol. The summed E-state index contributed by atoms with van der Waals surface area (Å²) in [5.41, 5.74) is -0.557. The predicted octanol–water partition coefficient (Wildman–Crippen LogP) is 1.88. The average molecular weight is 286 g/mol. The molecule has 6 heteroatoms. The van der Waals surface area contributed by atoms with Crippen LogP contribution in [0.3, 0.4) is 0 Å². The third-order valence-corrected chi connectivity index (χ3v) is 3.90. The van der Waals surface area contributed by atoms with Crippen molar-refractivity contribution in [2.75, 3.05) is 5.32 Å². The minimum absolute atomic E-state index is 0.229. The maximum atomic E-state index is 12.3. The van der Waals surface area contributed by atoms with Gasteiger partial charge >= 0.3 is 0 Å². The van der Waals surface area contributed by atoms with Gasteiger partial charge < -0.3 is 10.4 Å². The van der Waals surface area contributed by atoms with Crippen molar-refractivity contribution in [3.05, 3.63) is 21.6 Å². The maximum absolute atomic E-state index is 12.3. The van der Waals surface area contributed by atoms with Gasteiger partial charge in [-0.1, -0.05) is 11.6 Å². The van der Waals surface area contributed by atoms with E-state index in [0.29, 0.717) is 18.2 Å². The number of aliphatic hydroxyl groups is 1. The number of anilines is 1. The zero-order valence-electron chi connectivity index (χ0n) is 11.5. The van der Waals surface area contributed by atoms with E-state index in [9.17, 15) is 9.90 Å². The molecule has 1 atom stereocenters. The highest BCUT2D eigenvalue weighted by Gasteiger charge is 2.28. The number of rotatable bonds is 5. The minimum Gasteiger partial charge on any atom is -0.391 e. The number of nitrogens with one attached hydrogen (secondary N) is 1. The molecule has 0 aliphatic heterocycles. The van der Waals surface area contributed by atoms with Crippen molar-refractivity contribution in [1.29, 1.82) is 0 Å². The molecule has 0 amide bonds. The molecule has 2 rings (SSSR count). The molecule has 0 bridgehead atoms. The van der Waals surface area contributed by atoms with Crippen LogP contribution in [-0.4, -0.2) is 26.5 Å². The molecule has 1 aromatic heterocycles. The van der Waals surface area contributed by atoms with Crippen molar-refractivity contribution in [3.8, 4) is 0 Å². The summed E-state index contributed by atoms with van der Waals surface area (Å²) in [6, 6.07) is 0. The molecule has 1 aliphatic rings. The molecule has 19 heavy (non-hydrogen) atoms. The van der Waals surface area contributed by atoms with Gasteiger partial charge in [-0.25, -0.2) is 4.68 Å². The second kappa shape index (κ2) is 5.13. The zero-order chi connectivity index (χ0) is 14.2. The van der Waals surface area contributed by atoms with Gasteiger partial charge in [-0.05, 0) is 39.5 Å². The van der Waals surface area contributed by atoms with Crippen molar-refractivity contribution in [2.45, 2.75) is 51.8 Å². The first-order chi connectivity index (χ1) is 8.81. The van der Waals surface area contributed by atoms with Gasteiger partial charge in [0.25, 0.3) is 5.56 Å². The van der Waals surface area contributed by atoms with Crippen molar-refractivity contribution in [2.24, 2.45) is 5.92 Å². The van der Waals surface area contributed by atoms with Gasteiger partial charge in [0.2, 0.25) is 0 Å². The van der Waals surface area contributed by atoms with Crippen LogP contribution in [0, 0.1) is 5.92 Å². The molecule has 0 radical (unpaired) electrons. The quantitative estimate of drug-likeness (QED) is 0.867. The van der Waals surface area contributed by atoms with Crippen molar-refractivity contribution in [3.63, 3.8) is 0 Å². The van der Waals surface area contributed by atoms with Crippen LogP contribution < -0.4 is 10.9 Å². The first-order valence-corrected chi connectivity index (χ1v) is 6.91. The Hall–Kier alpha value is -1.07. The molecule has 1 fully saturated rings. The number of hydrogen-bond acceptors (Lipinski definition) is 4. The third kappa shape index (κ3) is 3.28.